The predicted molar refractivity (Wildman–Crippen MR) is 93.7 cm³/mol. The molecule has 0 aliphatic heterocycles. The van der Waals surface area contributed by atoms with E-state index in [9.17, 15) is 4.79 Å². The van der Waals surface area contributed by atoms with Crippen molar-refractivity contribution in [1.82, 2.24) is 0 Å². The van der Waals surface area contributed by atoms with Crippen LogP contribution < -0.4 is 5.32 Å². The molecule has 22 heavy (non-hydrogen) atoms. The van der Waals surface area contributed by atoms with Gasteiger partial charge in [-0.05, 0) is 48.1 Å². The number of anilines is 1. The monoisotopic (exact) mass is 315 g/mol. The van der Waals surface area contributed by atoms with Crippen LogP contribution in [0.3, 0.4) is 0 Å². The van der Waals surface area contributed by atoms with Crippen molar-refractivity contribution in [2.24, 2.45) is 0 Å². The molecule has 2 nitrogen and oxygen atoms in total. The molecule has 0 radical (unpaired) electrons. The van der Waals surface area contributed by atoms with E-state index in [0.29, 0.717) is 23.8 Å². The third-order valence-corrected chi connectivity index (χ3v) is 3.96. The number of benzene rings is 2. The van der Waals surface area contributed by atoms with Crippen molar-refractivity contribution in [3.05, 3.63) is 64.2 Å². The highest BCUT2D eigenvalue weighted by Gasteiger charge is 2.12. The average molecular weight is 316 g/mol. The van der Waals surface area contributed by atoms with E-state index in [1.807, 2.05) is 43.3 Å². The van der Waals surface area contributed by atoms with Crippen LogP contribution in [0, 0.1) is 6.92 Å². The molecular formula is C19H22ClNO. The van der Waals surface area contributed by atoms with E-state index >= 15 is 0 Å². The molecule has 0 saturated heterocycles. The van der Waals surface area contributed by atoms with Crippen LogP contribution in [0.1, 0.15) is 42.9 Å². The van der Waals surface area contributed by atoms with Gasteiger partial charge in [0, 0.05) is 17.1 Å². The number of aryl methyl sites for hydroxylation is 2. The molecule has 0 aliphatic rings. The molecule has 2 aromatic rings. The van der Waals surface area contributed by atoms with E-state index in [4.69, 9.17) is 11.6 Å². The number of amides is 1. The third-order valence-electron chi connectivity index (χ3n) is 3.72. The first kappa shape index (κ1) is 16.6. The second-order valence-electron chi connectivity index (χ2n) is 5.87. The second-order valence-corrected chi connectivity index (χ2v) is 6.31. The summed E-state index contributed by atoms with van der Waals surface area (Å²) in [5.41, 5.74) is 4.31. The number of halogens is 1. The Kier molecular flexibility index (Phi) is 5.62. The van der Waals surface area contributed by atoms with Crippen LogP contribution in [0.25, 0.3) is 0 Å². The predicted octanol–water partition coefficient (Wildman–Crippen LogP) is 5.34. The van der Waals surface area contributed by atoms with Crippen LogP contribution in [0.15, 0.2) is 42.5 Å². The van der Waals surface area contributed by atoms with Crippen molar-refractivity contribution in [1.29, 1.82) is 0 Å². The molecule has 1 N–H and O–H groups in total. The minimum atomic E-state index is 0.0381. The summed E-state index contributed by atoms with van der Waals surface area (Å²) in [4.78, 5) is 12.3. The Hall–Kier alpha value is -1.80. The van der Waals surface area contributed by atoms with Gasteiger partial charge in [-0.1, -0.05) is 55.8 Å². The number of rotatable bonds is 5. The minimum Gasteiger partial charge on any atom is -0.326 e. The van der Waals surface area contributed by atoms with Crippen LogP contribution >= 0.6 is 11.6 Å². The molecule has 0 saturated carbocycles. The zero-order chi connectivity index (χ0) is 16.1. The van der Waals surface area contributed by atoms with E-state index in [1.165, 1.54) is 5.56 Å². The van der Waals surface area contributed by atoms with Crippen LogP contribution in [0.2, 0.25) is 5.02 Å². The van der Waals surface area contributed by atoms with E-state index in [1.54, 1.807) is 0 Å². The smallest absolute Gasteiger partial charge is 0.224 e. The number of nitrogens with one attached hydrogen (secondary N) is 1. The molecule has 116 valence electrons. The molecule has 0 heterocycles. The van der Waals surface area contributed by atoms with E-state index in [0.717, 1.165) is 16.8 Å². The Morgan fingerprint density at radius 3 is 2.59 bits per heavy atom. The fourth-order valence-electron chi connectivity index (χ4n) is 2.49. The Balaban J connectivity index is 2.03. The quantitative estimate of drug-likeness (QED) is 0.792. The van der Waals surface area contributed by atoms with E-state index in [-0.39, 0.29) is 5.91 Å². The van der Waals surface area contributed by atoms with Crippen molar-refractivity contribution < 1.29 is 4.79 Å². The summed E-state index contributed by atoms with van der Waals surface area (Å²) < 4.78 is 0. The van der Waals surface area contributed by atoms with Crippen molar-refractivity contribution in [3.63, 3.8) is 0 Å². The third kappa shape index (κ3) is 4.35. The average Bonchev–Trinajstić information content (AvgIpc) is 2.47. The number of para-hydroxylation sites is 1. The maximum Gasteiger partial charge on any atom is 0.224 e. The lowest BCUT2D eigenvalue weighted by atomic mass is 9.98. The molecule has 2 rings (SSSR count). The van der Waals surface area contributed by atoms with Gasteiger partial charge >= 0.3 is 0 Å². The molecule has 3 heteroatoms. The van der Waals surface area contributed by atoms with Gasteiger partial charge in [0.1, 0.15) is 0 Å². The number of carbonyl (C=O) groups is 1. The maximum absolute atomic E-state index is 12.3. The van der Waals surface area contributed by atoms with Crippen molar-refractivity contribution in [2.75, 3.05) is 5.32 Å². The maximum atomic E-state index is 12.3. The Labute approximate surface area is 137 Å². The molecule has 0 fully saturated rings. The molecule has 1 amide bonds. The first-order chi connectivity index (χ1) is 10.5. The largest absolute Gasteiger partial charge is 0.326 e. The summed E-state index contributed by atoms with van der Waals surface area (Å²) in [6.45, 7) is 6.30. The molecule has 0 spiro atoms. The van der Waals surface area contributed by atoms with Crippen LogP contribution in [-0.4, -0.2) is 5.91 Å². The molecule has 0 unspecified atom stereocenters. The minimum absolute atomic E-state index is 0.0381. The highest BCUT2D eigenvalue weighted by molar-refractivity contribution is 6.30. The lowest BCUT2D eigenvalue weighted by Gasteiger charge is -2.16. The summed E-state index contributed by atoms with van der Waals surface area (Å²) in [5.74, 6) is 0.416. The standard InChI is InChI=1S/C19H22ClNO/c1-13(2)17-9-4-6-14(3)19(17)21-18(22)11-10-15-7-5-8-16(20)12-15/h4-9,12-13H,10-11H2,1-3H3,(H,21,22). The Bertz CT molecular complexity index is 664. The molecule has 0 bridgehead atoms. The second kappa shape index (κ2) is 7.46. The van der Waals surface area contributed by atoms with Crippen molar-refractivity contribution >= 4 is 23.2 Å². The van der Waals surface area contributed by atoms with Crippen molar-refractivity contribution in [3.8, 4) is 0 Å². The SMILES string of the molecule is Cc1cccc(C(C)C)c1NC(=O)CCc1cccc(Cl)c1. The highest BCUT2D eigenvalue weighted by Crippen LogP contribution is 2.27. The van der Waals surface area contributed by atoms with Gasteiger partial charge in [-0.25, -0.2) is 0 Å². The Morgan fingerprint density at radius 2 is 1.91 bits per heavy atom. The van der Waals surface area contributed by atoms with Gasteiger partial charge in [-0.3, -0.25) is 4.79 Å². The fraction of sp³-hybridized carbons (Fsp3) is 0.316. The van der Waals surface area contributed by atoms with Crippen LogP contribution in [-0.2, 0) is 11.2 Å². The number of hydrogen-bond donors (Lipinski definition) is 1. The topological polar surface area (TPSA) is 29.1 Å². The summed E-state index contributed by atoms with van der Waals surface area (Å²) in [5, 5.41) is 3.78. The first-order valence-corrected chi connectivity index (χ1v) is 7.99. The lowest BCUT2D eigenvalue weighted by molar-refractivity contribution is -0.116. The summed E-state index contributed by atoms with van der Waals surface area (Å²) in [7, 11) is 0. The summed E-state index contributed by atoms with van der Waals surface area (Å²) in [6, 6.07) is 13.8. The van der Waals surface area contributed by atoms with Crippen LogP contribution in [0.5, 0.6) is 0 Å². The lowest BCUT2D eigenvalue weighted by Crippen LogP contribution is -2.15. The van der Waals surface area contributed by atoms with Crippen LogP contribution in [0.4, 0.5) is 5.69 Å². The number of hydrogen-bond acceptors (Lipinski definition) is 1. The summed E-state index contributed by atoms with van der Waals surface area (Å²) in [6.07, 6.45) is 1.14. The normalized spacial score (nSPS) is 10.8. The van der Waals surface area contributed by atoms with Gasteiger partial charge in [-0.15, -0.1) is 0 Å². The van der Waals surface area contributed by atoms with Gasteiger partial charge < -0.3 is 5.32 Å². The highest BCUT2D eigenvalue weighted by atomic mass is 35.5. The molecule has 0 aromatic heterocycles. The first-order valence-electron chi connectivity index (χ1n) is 7.61. The van der Waals surface area contributed by atoms with Gasteiger partial charge in [0.25, 0.3) is 0 Å². The van der Waals surface area contributed by atoms with Gasteiger partial charge in [0.2, 0.25) is 5.91 Å². The molecule has 2 aromatic carbocycles. The zero-order valence-electron chi connectivity index (χ0n) is 13.3. The van der Waals surface area contributed by atoms with E-state index < -0.39 is 0 Å². The van der Waals surface area contributed by atoms with Gasteiger partial charge in [0.05, 0.1) is 0 Å². The molecule has 0 aliphatic carbocycles. The summed E-state index contributed by atoms with van der Waals surface area (Å²) >= 11 is 5.97. The molecular weight excluding hydrogens is 294 g/mol. The van der Waals surface area contributed by atoms with E-state index in [2.05, 4.69) is 25.2 Å². The Morgan fingerprint density at radius 1 is 1.18 bits per heavy atom. The van der Waals surface area contributed by atoms with Gasteiger partial charge in [0.15, 0.2) is 0 Å². The van der Waals surface area contributed by atoms with Crippen molar-refractivity contribution in [2.45, 2.75) is 39.5 Å². The fourth-order valence-corrected chi connectivity index (χ4v) is 2.71. The van der Waals surface area contributed by atoms with Gasteiger partial charge in [-0.2, -0.15) is 0 Å². The number of carbonyl (C=O) groups excluding carboxylic acids is 1. The molecule has 0 atom stereocenters. The zero-order valence-corrected chi connectivity index (χ0v) is 14.1.